The van der Waals surface area contributed by atoms with E-state index in [-0.39, 0.29) is 12.2 Å². The first-order valence-corrected chi connectivity index (χ1v) is 18.0. The Morgan fingerprint density at radius 2 is 1.66 bits per heavy atom. The average Bonchev–Trinajstić information content (AvgIpc) is 3.34. The highest BCUT2D eigenvalue weighted by Gasteiger charge is 2.56. The Balaban J connectivity index is 1.52. The van der Waals surface area contributed by atoms with Crippen LogP contribution >= 0.6 is 7.75 Å². The van der Waals surface area contributed by atoms with E-state index in [9.17, 15) is 33.6 Å². The number of nitrogens with zero attached hydrogens (tertiary/aromatic N) is 2. The second kappa shape index (κ2) is 17.8. The minimum absolute atomic E-state index is 0.0139. The lowest BCUT2D eigenvalue weighted by atomic mass is 9.98. The van der Waals surface area contributed by atoms with Crippen LogP contribution in [0.15, 0.2) is 82.5 Å². The summed E-state index contributed by atoms with van der Waals surface area (Å²) in [6, 6.07) is 14.9. The fourth-order valence-electron chi connectivity index (χ4n) is 5.16. The van der Waals surface area contributed by atoms with Crippen LogP contribution in [0.25, 0.3) is 0 Å². The summed E-state index contributed by atoms with van der Waals surface area (Å²) in [5.74, 6) is -1.68. The molecule has 17 nitrogen and oxygen atoms in total. The molecule has 1 aliphatic heterocycles. The number of methoxy groups -OCH3 is 1. The summed E-state index contributed by atoms with van der Waals surface area (Å²) in [6.45, 7) is 3.87. The number of aliphatic hydroxyl groups excluding tert-OH is 1. The van der Waals surface area contributed by atoms with Crippen LogP contribution in [0.1, 0.15) is 39.5 Å². The molecule has 2 aromatic carbocycles. The van der Waals surface area contributed by atoms with Gasteiger partial charge in [-0.2, -0.15) is 5.09 Å². The number of halogens is 1. The molecule has 1 fully saturated rings. The lowest BCUT2D eigenvalue weighted by molar-refractivity contribution is -0.150. The van der Waals surface area contributed by atoms with Gasteiger partial charge in [0.25, 0.3) is 5.56 Å². The van der Waals surface area contributed by atoms with Gasteiger partial charge in [-0.05, 0) is 45.4 Å². The number of hydrogen-bond acceptors (Lipinski definition) is 13. The number of alkyl halides is 1. The average molecular weight is 765 g/mol. The van der Waals surface area contributed by atoms with E-state index in [1.807, 2.05) is 0 Å². The number of benzene rings is 2. The van der Waals surface area contributed by atoms with Gasteiger partial charge in [0.2, 0.25) is 0 Å². The Kier molecular flexibility index (Phi) is 13.7. The summed E-state index contributed by atoms with van der Waals surface area (Å²) in [5.41, 5.74) is -4.14. The van der Waals surface area contributed by atoms with Crippen molar-refractivity contribution < 1.29 is 56.4 Å². The monoisotopic (exact) mass is 764 g/mol. The van der Waals surface area contributed by atoms with Crippen molar-refractivity contribution in [3.05, 3.63) is 99.3 Å². The zero-order valence-corrected chi connectivity index (χ0v) is 30.5. The van der Waals surface area contributed by atoms with E-state index in [1.165, 1.54) is 19.1 Å². The molecule has 4 rings (SSSR count). The predicted octanol–water partition coefficient (Wildman–Crippen LogP) is 2.60. The third-order valence-corrected chi connectivity index (χ3v) is 9.52. The molecule has 19 heteroatoms. The van der Waals surface area contributed by atoms with E-state index in [1.54, 1.807) is 62.4 Å². The van der Waals surface area contributed by atoms with Gasteiger partial charge in [-0.15, -0.1) is 0 Å². The van der Waals surface area contributed by atoms with Gasteiger partial charge in [0.05, 0.1) is 19.8 Å². The van der Waals surface area contributed by atoms with E-state index in [4.69, 9.17) is 23.3 Å². The predicted molar refractivity (Wildman–Crippen MR) is 184 cm³/mol. The molecule has 288 valence electrons. The normalized spacial score (nSPS) is 21.9. The third kappa shape index (κ3) is 10.6. The summed E-state index contributed by atoms with van der Waals surface area (Å²) < 4.78 is 63.1. The van der Waals surface area contributed by atoms with E-state index < -0.39 is 92.7 Å². The molecule has 1 amide bonds. The zero-order chi connectivity index (χ0) is 38.9. The summed E-state index contributed by atoms with van der Waals surface area (Å²) in [7, 11) is -3.35. The third-order valence-electron chi connectivity index (χ3n) is 7.88. The van der Waals surface area contributed by atoms with Crippen molar-refractivity contribution in [2.24, 2.45) is 0 Å². The second-order valence-electron chi connectivity index (χ2n) is 12.4. The number of amides is 1. The van der Waals surface area contributed by atoms with Crippen LogP contribution in [-0.4, -0.2) is 82.1 Å². The smallest absolute Gasteiger partial charge is 0.459 e. The lowest BCUT2D eigenvalue weighted by Gasteiger charge is -2.26. The van der Waals surface area contributed by atoms with Gasteiger partial charge in [0.1, 0.15) is 30.0 Å². The number of hydrogen-bond donors (Lipinski definition) is 3. The summed E-state index contributed by atoms with van der Waals surface area (Å²) in [4.78, 5) is 63.7. The first-order valence-electron chi connectivity index (χ1n) is 16.4. The fourth-order valence-corrected chi connectivity index (χ4v) is 6.66. The Labute approximate surface area is 303 Å². The molecule has 1 saturated heterocycles. The van der Waals surface area contributed by atoms with Crippen LogP contribution in [0.2, 0.25) is 0 Å². The minimum Gasteiger partial charge on any atom is -0.462 e. The van der Waals surface area contributed by atoms with Crippen molar-refractivity contribution in [2.45, 2.75) is 83.1 Å². The quantitative estimate of drug-likeness (QED) is 0.109. The van der Waals surface area contributed by atoms with Crippen molar-refractivity contribution in [1.82, 2.24) is 19.5 Å². The first-order chi connectivity index (χ1) is 25.0. The topological polar surface area (TPSA) is 212 Å². The number of rotatable bonds is 16. The van der Waals surface area contributed by atoms with Crippen molar-refractivity contribution in [2.75, 3.05) is 13.7 Å². The van der Waals surface area contributed by atoms with Crippen LogP contribution in [0.3, 0.4) is 0 Å². The first kappa shape index (κ1) is 40.9. The van der Waals surface area contributed by atoms with Crippen molar-refractivity contribution in [1.29, 1.82) is 0 Å². The number of nitrogens with one attached hydrogen (secondary N) is 2. The minimum atomic E-state index is -4.45. The van der Waals surface area contributed by atoms with Crippen LogP contribution in [0.4, 0.5) is 9.18 Å². The highest BCUT2D eigenvalue weighted by molar-refractivity contribution is 7.52. The zero-order valence-electron chi connectivity index (χ0n) is 29.6. The second-order valence-corrected chi connectivity index (χ2v) is 14.1. The molecule has 0 radical (unpaired) electrons. The van der Waals surface area contributed by atoms with E-state index in [2.05, 4.69) is 15.1 Å². The molecule has 2 heterocycles. The number of para-hydroxylation sites is 1. The summed E-state index contributed by atoms with van der Waals surface area (Å²) >= 11 is 0. The maximum atomic E-state index is 16.2. The lowest BCUT2D eigenvalue weighted by Crippen LogP contribution is -2.48. The highest BCUT2D eigenvalue weighted by atomic mass is 31.2. The molecule has 0 saturated carbocycles. The number of aliphatic hydroxyl groups is 1. The molecule has 0 spiro atoms. The molecule has 1 aromatic heterocycles. The summed E-state index contributed by atoms with van der Waals surface area (Å²) in [6.07, 6.45) is -5.89. The van der Waals surface area contributed by atoms with Crippen molar-refractivity contribution in [3.63, 3.8) is 0 Å². The van der Waals surface area contributed by atoms with Gasteiger partial charge in [-0.3, -0.25) is 18.7 Å². The number of alkyl carbamates (subject to hydrolysis) is 1. The van der Waals surface area contributed by atoms with Crippen molar-refractivity contribution in [3.8, 4) is 5.75 Å². The maximum Gasteiger partial charge on any atom is 0.459 e. The number of carbonyl (C=O) groups is 3. The standard InChI is InChI=1S/C34H42FN4O13P/c1-21(2)50-29(42)22(3)37-53(46,52-24-14-10-7-11-15-24)49-19-26-28(41)34(4,35)31(51-26)38-17-16-27(40)39(33(38)45)20-48-30(43)25(36-32(44)47-5)18-23-12-8-6-9-13-23/h6-17,21-22,25-26,28,31,41H,18-20H2,1-5H3,(H,36,44)(H,37,46)/t22-,25-,26+,28+,31+,34+,53-/m0/s1. The van der Waals surface area contributed by atoms with Crippen molar-refractivity contribution >= 4 is 25.8 Å². The maximum absolute atomic E-state index is 16.2. The largest absolute Gasteiger partial charge is 0.462 e. The molecule has 7 atom stereocenters. The molecule has 0 unspecified atom stereocenters. The van der Waals surface area contributed by atoms with Crippen LogP contribution in [0.5, 0.6) is 5.75 Å². The molecular formula is C34H42FN4O13P. The summed E-state index contributed by atoms with van der Waals surface area (Å²) in [5, 5.41) is 15.8. The van der Waals surface area contributed by atoms with E-state index in [0.29, 0.717) is 14.7 Å². The Hall–Kier alpha value is -4.87. The van der Waals surface area contributed by atoms with Gasteiger partial charge >= 0.3 is 31.5 Å². The molecule has 0 aliphatic carbocycles. The van der Waals surface area contributed by atoms with E-state index >= 15 is 4.39 Å². The Morgan fingerprint density at radius 3 is 2.28 bits per heavy atom. The highest BCUT2D eigenvalue weighted by Crippen LogP contribution is 2.47. The van der Waals surface area contributed by atoms with E-state index in [0.717, 1.165) is 26.3 Å². The SMILES string of the molecule is COC(=O)N[C@@H](Cc1ccccc1)C(=O)OCn1c(=O)ccn([C@@H]2O[C@H](CO[P@@](=O)(N[C@@H](C)C(=O)OC(C)C)Oc3ccccc3)[C@@H](O)[C@@]2(C)F)c1=O. The molecule has 0 bridgehead atoms. The van der Waals surface area contributed by atoms with Crippen LogP contribution in [-0.2, 0) is 50.8 Å². The fraction of sp³-hybridized carbons (Fsp3) is 0.441. The Bertz CT molecular complexity index is 1890. The van der Waals surface area contributed by atoms with Crippen LogP contribution in [0, 0.1) is 0 Å². The molecule has 53 heavy (non-hydrogen) atoms. The Morgan fingerprint density at radius 1 is 1.02 bits per heavy atom. The molecular weight excluding hydrogens is 722 g/mol. The van der Waals surface area contributed by atoms with Gasteiger partial charge in [-0.25, -0.2) is 27.9 Å². The number of aromatic nitrogens is 2. The van der Waals surface area contributed by atoms with Gasteiger partial charge < -0.3 is 33.9 Å². The molecule has 1 aliphatic rings. The molecule has 3 aromatic rings. The van der Waals surface area contributed by atoms with Gasteiger partial charge in [0.15, 0.2) is 18.6 Å². The van der Waals surface area contributed by atoms with Gasteiger partial charge in [0, 0.05) is 18.7 Å². The number of ether oxygens (including phenoxy) is 4. The molecule has 3 N–H and O–H groups in total. The van der Waals surface area contributed by atoms with Crippen LogP contribution < -0.4 is 26.2 Å². The number of esters is 2. The number of carbonyl (C=O) groups excluding carboxylic acids is 3. The van der Waals surface area contributed by atoms with Gasteiger partial charge in [-0.1, -0.05) is 48.5 Å².